The van der Waals surface area contributed by atoms with Crippen LogP contribution in [0.15, 0.2) is 0 Å². The second-order valence-corrected chi connectivity index (χ2v) is 1.09. The quantitative estimate of drug-likeness (QED) is 0.542. The fraction of sp³-hybridized carbons (Fsp3) is 1.00. The van der Waals surface area contributed by atoms with Crippen LogP contribution in [0.1, 0.15) is 16.7 Å². The maximum atomic E-state index is 8.06. The van der Waals surface area contributed by atoms with Crippen LogP contribution in [-0.2, 0) is 0 Å². The molecule has 0 aliphatic carbocycles. The molecule has 0 aliphatic heterocycles. The van der Waals surface area contributed by atoms with Crippen molar-refractivity contribution in [1.82, 2.24) is 0 Å². The van der Waals surface area contributed by atoms with Crippen LogP contribution in [-0.4, -0.2) is 65.6 Å². The van der Waals surface area contributed by atoms with Crippen molar-refractivity contribution >= 4 is 48.9 Å². The maximum Gasteiger partial charge on any atom is 2.00 e. The summed E-state index contributed by atoms with van der Waals surface area (Å²) in [6.07, 6.45) is -0.167. The van der Waals surface area contributed by atoms with Gasteiger partial charge in [-0.1, -0.05) is 0 Å². The van der Waals surface area contributed by atoms with E-state index in [4.69, 9.17) is 5.11 Å². The monoisotopic (exact) mass is 218 g/mol. The zero-order chi connectivity index (χ0) is 3.58. The van der Waals surface area contributed by atoms with Crippen molar-refractivity contribution in [2.45, 2.75) is 20.0 Å². The molecule has 0 fully saturated rings. The molecular formula is C3H12BaO2. The summed E-state index contributed by atoms with van der Waals surface area (Å²) >= 11 is 0. The van der Waals surface area contributed by atoms with Crippen LogP contribution in [0.4, 0.5) is 0 Å². The van der Waals surface area contributed by atoms with Crippen molar-refractivity contribution in [3.8, 4) is 0 Å². The van der Waals surface area contributed by atoms with Crippen LogP contribution < -0.4 is 0 Å². The molecule has 3 heteroatoms. The van der Waals surface area contributed by atoms with Crippen molar-refractivity contribution in [2.24, 2.45) is 0 Å². The molecule has 0 aliphatic rings. The van der Waals surface area contributed by atoms with Gasteiger partial charge in [-0.05, 0) is 13.8 Å². The molecular weight excluding hydrogens is 205 g/mol. The molecule has 0 rings (SSSR count). The predicted molar refractivity (Wildman–Crippen MR) is 28.9 cm³/mol. The van der Waals surface area contributed by atoms with Crippen molar-refractivity contribution in [3.05, 3.63) is 0 Å². The number of hydrogen-bond acceptors (Lipinski definition) is 1. The van der Waals surface area contributed by atoms with Crippen LogP contribution in [0.2, 0.25) is 0 Å². The first-order valence-electron chi connectivity index (χ1n) is 1.41. The van der Waals surface area contributed by atoms with Crippen LogP contribution in [0.5, 0.6) is 0 Å². The Hall–Kier alpha value is 1.49. The molecule has 6 heavy (non-hydrogen) atoms. The van der Waals surface area contributed by atoms with E-state index in [0.717, 1.165) is 0 Å². The van der Waals surface area contributed by atoms with Gasteiger partial charge in [-0.15, -0.1) is 0 Å². The maximum absolute atomic E-state index is 8.06. The minimum Gasteiger partial charge on any atom is -1.00 e. The van der Waals surface area contributed by atoms with Gasteiger partial charge in [0.25, 0.3) is 0 Å². The molecule has 38 valence electrons. The van der Waals surface area contributed by atoms with Gasteiger partial charge in [-0.25, -0.2) is 0 Å². The largest absolute Gasteiger partial charge is 2.00 e. The molecule has 0 atom stereocenters. The van der Waals surface area contributed by atoms with Crippen molar-refractivity contribution < 1.29 is 13.4 Å². The number of rotatable bonds is 0. The van der Waals surface area contributed by atoms with Crippen LogP contribution in [0, 0.1) is 0 Å². The smallest absolute Gasteiger partial charge is 1.00 e. The van der Waals surface area contributed by atoms with Gasteiger partial charge in [-0.2, -0.15) is 0 Å². The molecule has 0 aromatic rings. The van der Waals surface area contributed by atoms with E-state index in [1.165, 1.54) is 0 Å². The summed E-state index contributed by atoms with van der Waals surface area (Å²) in [7, 11) is 0. The first-order chi connectivity index (χ1) is 1.73. The van der Waals surface area contributed by atoms with Gasteiger partial charge in [0.05, 0.1) is 0 Å². The molecule has 3 N–H and O–H groups in total. The van der Waals surface area contributed by atoms with Crippen LogP contribution >= 0.6 is 0 Å². The minimum absolute atomic E-state index is 0. The van der Waals surface area contributed by atoms with E-state index in [1.54, 1.807) is 13.8 Å². The number of aliphatic hydroxyl groups excluding tert-OH is 1. The van der Waals surface area contributed by atoms with E-state index in [-0.39, 0.29) is 63.3 Å². The standard InChI is InChI=1S/C3H8O.Ba.H2O.2H/c1-3(2)4;;;;/h3-4H,1-2H3;;1H2;;/q;+2;;2*-1. The Kier molecular flexibility index (Phi) is 25.3. The molecule has 0 amide bonds. The molecule has 0 bridgehead atoms. The molecule has 0 aromatic carbocycles. The third-order valence-corrected chi connectivity index (χ3v) is 0. The molecule has 0 saturated heterocycles. The van der Waals surface area contributed by atoms with Crippen molar-refractivity contribution in [1.29, 1.82) is 0 Å². The fourth-order valence-corrected chi connectivity index (χ4v) is 0. The normalized spacial score (nSPS) is 6.00. The average molecular weight is 217 g/mol. The number of aliphatic hydroxyl groups is 1. The van der Waals surface area contributed by atoms with E-state index < -0.39 is 0 Å². The van der Waals surface area contributed by atoms with Gasteiger partial charge in [0.15, 0.2) is 0 Å². The number of hydrogen-bond donors (Lipinski definition) is 1. The van der Waals surface area contributed by atoms with E-state index in [9.17, 15) is 0 Å². The van der Waals surface area contributed by atoms with Crippen molar-refractivity contribution in [3.63, 3.8) is 0 Å². The third-order valence-electron chi connectivity index (χ3n) is 0. The zero-order valence-electron chi connectivity index (χ0n) is 6.23. The second-order valence-electron chi connectivity index (χ2n) is 1.09. The summed E-state index contributed by atoms with van der Waals surface area (Å²) < 4.78 is 0. The summed E-state index contributed by atoms with van der Waals surface area (Å²) in [5.74, 6) is 0. The molecule has 2 nitrogen and oxygen atoms in total. The topological polar surface area (TPSA) is 51.7 Å². The van der Waals surface area contributed by atoms with Gasteiger partial charge in [0.1, 0.15) is 0 Å². The van der Waals surface area contributed by atoms with Gasteiger partial charge >= 0.3 is 48.9 Å². The Morgan fingerprint density at radius 3 is 1.50 bits per heavy atom. The van der Waals surface area contributed by atoms with E-state index >= 15 is 0 Å². The summed E-state index contributed by atoms with van der Waals surface area (Å²) in [5.41, 5.74) is 0. The second kappa shape index (κ2) is 9.70. The average Bonchev–Trinajstić information content (AvgIpc) is 0.811. The van der Waals surface area contributed by atoms with Gasteiger partial charge in [0.2, 0.25) is 0 Å². The summed E-state index contributed by atoms with van der Waals surface area (Å²) in [5, 5.41) is 8.06. The Bertz CT molecular complexity index is 20.0. The van der Waals surface area contributed by atoms with E-state index in [0.29, 0.717) is 0 Å². The van der Waals surface area contributed by atoms with Crippen LogP contribution in [0.25, 0.3) is 0 Å². The third kappa shape index (κ3) is 49.8. The summed E-state index contributed by atoms with van der Waals surface area (Å²) in [4.78, 5) is 0. The molecule has 0 unspecified atom stereocenters. The van der Waals surface area contributed by atoms with Crippen molar-refractivity contribution in [2.75, 3.05) is 0 Å². The SMILES string of the molecule is CC(C)O.O.[Ba+2].[H-].[H-]. The molecule has 0 saturated carbocycles. The minimum atomic E-state index is -0.167. The molecule has 0 radical (unpaired) electrons. The van der Waals surface area contributed by atoms with E-state index in [1.807, 2.05) is 0 Å². The van der Waals surface area contributed by atoms with Crippen LogP contribution in [0.3, 0.4) is 0 Å². The fourth-order valence-electron chi connectivity index (χ4n) is 0. The Balaban J connectivity index is -0.00000000750. The van der Waals surface area contributed by atoms with E-state index in [2.05, 4.69) is 0 Å². The summed E-state index contributed by atoms with van der Waals surface area (Å²) in [6.45, 7) is 3.44. The predicted octanol–water partition coefficient (Wildman–Crippen LogP) is -0.593. The molecule has 0 heterocycles. The Morgan fingerprint density at radius 2 is 1.50 bits per heavy atom. The zero-order valence-corrected chi connectivity index (χ0v) is 8.67. The Labute approximate surface area is 81.3 Å². The first-order valence-corrected chi connectivity index (χ1v) is 1.41. The first kappa shape index (κ1) is 15.6. The molecule has 0 spiro atoms. The van der Waals surface area contributed by atoms with Gasteiger partial charge in [0, 0.05) is 6.10 Å². The van der Waals surface area contributed by atoms with Gasteiger partial charge in [-0.3, -0.25) is 0 Å². The Morgan fingerprint density at radius 1 is 1.50 bits per heavy atom. The summed E-state index contributed by atoms with van der Waals surface area (Å²) in [6, 6.07) is 0. The molecule has 0 aromatic heterocycles. The van der Waals surface area contributed by atoms with Gasteiger partial charge < -0.3 is 13.4 Å².